The Balaban J connectivity index is 2.20. The van der Waals surface area contributed by atoms with Crippen molar-refractivity contribution >= 4 is 9.84 Å². The zero-order chi connectivity index (χ0) is 13.0. The first-order valence-electron chi connectivity index (χ1n) is 5.68. The number of hydrogen-bond acceptors (Lipinski definition) is 3. The Bertz CT molecular complexity index is 594. The molecule has 0 saturated carbocycles. The van der Waals surface area contributed by atoms with E-state index in [0.717, 1.165) is 5.56 Å². The highest BCUT2D eigenvalue weighted by molar-refractivity contribution is 7.91. The predicted molar refractivity (Wildman–Crippen MR) is 71.9 cm³/mol. The van der Waals surface area contributed by atoms with E-state index >= 15 is 0 Å². The van der Waals surface area contributed by atoms with Crippen molar-refractivity contribution in [2.45, 2.75) is 10.9 Å². The van der Waals surface area contributed by atoms with Crippen molar-refractivity contribution in [3.63, 3.8) is 0 Å². The van der Waals surface area contributed by atoms with E-state index < -0.39 is 15.9 Å². The second-order valence-electron chi connectivity index (χ2n) is 4.11. The molecule has 2 rings (SSSR count). The van der Waals surface area contributed by atoms with E-state index in [4.69, 9.17) is 5.73 Å². The normalized spacial score (nSPS) is 13.2. The van der Waals surface area contributed by atoms with Gasteiger partial charge in [0.15, 0.2) is 9.84 Å². The van der Waals surface area contributed by atoms with Crippen molar-refractivity contribution in [1.82, 2.24) is 0 Å². The van der Waals surface area contributed by atoms with Gasteiger partial charge in [-0.25, -0.2) is 8.42 Å². The Morgan fingerprint density at radius 3 is 1.94 bits per heavy atom. The van der Waals surface area contributed by atoms with Crippen LogP contribution in [-0.2, 0) is 9.84 Å². The van der Waals surface area contributed by atoms with Gasteiger partial charge in [0, 0.05) is 6.04 Å². The molecule has 2 N–H and O–H groups in total. The molecule has 1 unspecified atom stereocenters. The van der Waals surface area contributed by atoms with Gasteiger partial charge < -0.3 is 5.73 Å². The second-order valence-corrected chi connectivity index (χ2v) is 6.15. The lowest BCUT2D eigenvalue weighted by atomic mass is 10.1. The number of hydrogen-bond donors (Lipinski definition) is 1. The van der Waals surface area contributed by atoms with Gasteiger partial charge >= 0.3 is 0 Å². The summed E-state index contributed by atoms with van der Waals surface area (Å²) < 4.78 is 24.3. The number of nitrogens with two attached hydrogens (primary N) is 1. The molecule has 0 saturated heterocycles. The minimum absolute atomic E-state index is 0.0823. The van der Waals surface area contributed by atoms with Crippen molar-refractivity contribution in [3.05, 3.63) is 66.2 Å². The smallest absolute Gasteiger partial charge is 0.180 e. The molecule has 18 heavy (non-hydrogen) atoms. The summed E-state index contributed by atoms with van der Waals surface area (Å²) in [6.07, 6.45) is 0. The quantitative estimate of drug-likeness (QED) is 0.917. The summed E-state index contributed by atoms with van der Waals surface area (Å²) in [5, 5.41) is 0. The molecule has 0 heterocycles. The summed E-state index contributed by atoms with van der Waals surface area (Å²) in [4.78, 5) is 0.316. The van der Waals surface area contributed by atoms with Gasteiger partial charge in [0.2, 0.25) is 0 Å². The molecule has 0 fully saturated rings. The predicted octanol–water partition coefficient (Wildman–Crippen LogP) is 2.16. The minimum atomic E-state index is -3.33. The highest BCUT2D eigenvalue weighted by atomic mass is 32.2. The Morgan fingerprint density at radius 1 is 0.889 bits per heavy atom. The number of rotatable bonds is 4. The van der Waals surface area contributed by atoms with Crippen molar-refractivity contribution < 1.29 is 8.42 Å². The first-order chi connectivity index (χ1) is 8.59. The second kappa shape index (κ2) is 5.33. The van der Waals surface area contributed by atoms with E-state index in [0.29, 0.717) is 4.90 Å². The van der Waals surface area contributed by atoms with Gasteiger partial charge in [0.25, 0.3) is 0 Å². The van der Waals surface area contributed by atoms with Gasteiger partial charge in [-0.15, -0.1) is 0 Å². The Kier molecular flexibility index (Phi) is 3.79. The zero-order valence-corrected chi connectivity index (χ0v) is 10.7. The van der Waals surface area contributed by atoms with Crippen LogP contribution in [0.4, 0.5) is 0 Å². The van der Waals surface area contributed by atoms with Gasteiger partial charge in [-0.05, 0) is 17.7 Å². The molecule has 2 aromatic carbocycles. The Labute approximate surface area is 107 Å². The summed E-state index contributed by atoms with van der Waals surface area (Å²) >= 11 is 0. The maximum atomic E-state index is 12.1. The van der Waals surface area contributed by atoms with E-state index in [9.17, 15) is 8.42 Å². The Hall–Kier alpha value is -1.65. The standard InChI is InChI=1S/C14H15NO2S/c15-14(12-7-3-1-4-8-12)11-18(16,17)13-9-5-2-6-10-13/h1-10,14H,11,15H2. The van der Waals surface area contributed by atoms with E-state index in [1.807, 2.05) is 30.3 Å². The van der Waals surface area contributed by atoms with Crippen LogP contribution >= 0.6 is 0 Å². The number of sulfone groups is 1. The maximum absolute atomic E-state index is 12.1. The van der Waals surface area contributed by atoms with E-state index in [2.05, 4.69) is 0 Å². The van der Waals surface area contributed by atoms with Crippen LogP contribution in [0.2, 0.25) is 0 Å². The van der Waals surface area contributed by atoms with Gasteiger partial charge in [0.1, 0.15) is 0 Å². The zero-order valence-electron chi connectivity index (χ0n) is 9.86. The van der Waals surface area contributed by atoms with E-state index in [-0.39, 0.29) is 5.75 Å². The van der Waals surface area contributed by atoms with Crippen LogP contribution in [0.15, 0.2) is 65.6 Å². The molecule has 0 amide bonds. The summed E-state index contributed by atoms with van der Waals surface area (Å²) in [5.41, 5.74) is 6.77. The highest BCUT2D eigenvalue weighted by Crippen LogP contribution is 2.17. The third kappa shape index (κ3) is 2.97. The van der Waals surface area contributed by atoms with Crippen LogP contribution in [-0.4, -0.2) is 14.2 Å². The maximum Gasteiger partial charge on any atom is 0.180 e. The molecule has 0 bridgehead atoms. The van der Waals surface area contributed by atoms with Gasteiger partial charge in [0.05, 0.1) is 10.6 Å². The molecule has 0 aliphatic rings. The molecule has 0 spiro atoms. The van der Waals surface area contributed by atoms with Crippen molar-refractivity contribution in [2.75, 3.05) is 5.75 Å². The lowest BCUT2D eigenvalue weighted by Gasteiger charge is -2.12. The van der Waals surface area contributed by atoms with Crippen LogP contribution in [0.25, 0.3) is 0 Å². The fourth-order valence-electron chi connectivity index (χ4n) is 1.76. The highest BCUT2D eigenvalue weighted by Gasteiger charge is 2.19. The molecule has 3 nitrogen and oxygen atoms in total. The topological polar surface area (TPSA) is 60.2 Å². The average molecular weight is 261 g/mol. The third-order valence-electron chi connectivity index (χ3n) is 2.73. The lowest BCUT2D eigenvalue weighted by Crippen LogP contribution is -2.21. The molecule has 1 atom stereocenters. The molecular weight excluding hydrogens is 246 g/mol. The van der Waals surface area contributed by atoms with Crippen LogP contribution in [0.1, 0.15) is 11.6 Å². The summed E-state index contributed by atoms with van der Waals surface area (Å²) in [5.74, 6) is -0.0823. The van der Waals surface area contributed by atoms with Gasteiger partial charge in [-0.1, -0.05) is 48.5 Å². The monoisotopic (exact) mass is 261 g/mol. The lowest BCUT2D eigenvalue weighted by molar-refractivity contribution is 0.589. The molecular formula is C14H15NO2S. The first kappa shape index (κ1) is 12.8. The largest absolute Gasteiger partial charge is 0.323 e. The molecule has 0 aliphatic heterocycles. The van der Waals surface area contributed by atoms with Crippen LogP contribution < -0.4 is 5.73 Å². The van der Waals surface area contributed by atoms with Crippen LogP contribution in [0.3, 0.4) is 0 Å². The third-order valence-corrected chi connectivity index (χ3v) is 4.52. The summed E-state index contributed by atoms with van der Waals surface area (Å²) in [7, 11) is -3.33. The molecule has 0 aromatic heterocycles. The fraction of sp³-hybridized carbons (Fsp3) is 0.143. The summed E-state index contributed by atoms with van der Waals surface area (Å²) in [6, 6.07) is 17.1. The SMILES string of the molecule is NC(CS(=O)(=O)c1ccccc1)c1ccccc1. The minimum Gasteiger partial charge on any atom is -0.323 e. The van der Waals surface area contributed by atoms with Crippen LogP contribution in [0, 0.1) is 0 Å². The molecule has 0 radical (unpaired) electrons. The van der Waals surface area contributed by atoms with E-state index in [1.165, 1.54) is 0 Å². The molecule has 2 aromatic rings. The van der Waals surface area contributed by atoms with Crippen molar-refractivity contribution in [2.24, 2.45) is 5.73 Å². The molecule has 94 valence electrons. The molecule has 0 aliphatic carbocycles. The first-order valence-corrected chi connectivity index (χ1v) is 7.33. The van der Waals surface area contributed by atoms with Crippen molar-refractivity contribution in [1.29, 1.82) is 0 Å². The van der Waals surface area contributed by atoms with Gasteiger partial charge in [-0.2, -0.15) is 0 Å². The Morgan fingerprint density at radius 2 is 1.39 bits per heavy atom. The average Bonchev–Trinajstić information content (AvgIpc) is 2.40. The van der Waals surface area contributed by atoms with Crippen LogP contribution in [0.5, 0.6) is 0 Å². The number of benzene rings is 2. The fourth-order valence-corrected chi connectivity index (χ4v) is 3.19. The summed E-state index contributed by atoms with van der Waals surface area (Å²) in [6.45, 7) is 0. The van der Waals surface area contributed by atoms with E-state index in [1.54, 1.807) is 30.3 Å². The van der Waals surface area contributed by atoms with Crippen molar-refractivity contribution in [3.8, 4) is 0 Å². The molecule has 4 heteroatoms. The van der Waals surface area contributed by atoms with Gasteiger partial charge in [-0.3, -0.25) is 0 Å².